The van der Waals surface area contributed by atoms with E-state index >= 15 is 0 Å². The molecular formula is C15H19F. The molecule has 0 saturated heterocycles. The Morgan fingerprint density at radius 2 is 1.88 bits per heavy atom. The second-order valence-corrected chi connectivity index (χ2v) is 4.14. The molecule has 0 amide bonds. The standard InChI is InChI=1S/C15H19F/c1-4-15(16)8-6-5-7-14-10-12(2)9-13(3)11-14/h6,9-11H,4-5,7H2,1-3H3. The Kier molecular flexibility index (Phi) is 5.01. The van der Waals surface area contributed by atoms with Gasteiger partial charge in [-0.1, -0.05) is 42.0 Å². The summed E-state index contributed by atoms with van der Waals surface area (Å²) in [6.07, 6.45) is 4.01. The van der Waals surface area contributed by atoms with Crippen LogP contribution in [0.2, 0.25) is 0 Å². The monoisotopic (exact) mass is 218 g/mol. The number of hydrogen-bond donors (Lipinski definition) is 0. The van der Waals surface area contributed by atoms with Crippen molar-refractivity contribution in [3.63, 3.8) is 0 Å². The summed E-state index contributed by atoms with van der Waals surface area (Å²) in [6, 6.07) is 6.53. The average molecular weight is 218 g/mol. The van der Waals surface area contributed by atoms with Gasteiger partial charge >= 0.3 is 0 Å². The Morgan fingerprint density at radius 3 is 2.44 bits per heavy atom. The van der Waals surface area contributed by atoms with Crippen molar-refractivity contribution in [3.05, 3.63) is 52.5 Å². The highest BCUT2D eigenvalue weighted by Gasteiger charge is 1.94. The van der Waals surface area contributed by atoms with Gasteiger partial charge < -0.3 is 0 Å². The number of aryl methyl sites for hydroxylation is 3. The minimum absolute atomic E-state index is 0.166. The summed E-state index contributed by atoms with van der Waals surface area (Å²) in [5.74, 6) is -0.166. The van der Waals surface area contributed by atoms with Gasteiger partial charge in [-0.05, 0) is 38.3 Å². The molecule has 0 fully saturated rings. The van der Waals surface area contributed by atoms with E-state index in [1.165, 1.54) is 16.7 Å². The van der Waals surface area contributed by atoms with Gasteiger partial charge in [0.2, 0.25) is 0 Å². The van der Waals surface area contributed by atoms with Crippen LogP contribution in [0.3, 0.4) is 0 Å². The molecule has 0 aliphatic heterocycles. The molecule has 0 aromatic heterocycles. The second-order valence-electron chi connectivity index (χ2n) is 4.14. The fourth-order valence-corrected chi connectivity index (χ4v) is 1.74. The lowest BCUT2D eigenvalue weighted by molar-refractivity contribution is 0.606. The van der Waals surface area contributed by atoms with E-state index < -0.39 is 0 Å². The van der Waals surface area contributed by atoms with E-state index in [0.717, 1.165) is 12.8 Å². The number of allylic oxidation sites excluding steroid dienone is 1. The van der Waals surface area contributed by atoms with Gasteiger partial charge in [-0.3, -0.25) is 0 Å². The van der Waals surface area contributed by atoms with E-state index in [2.05, 4.69) is 37.8 Å². The van der Waals surface area contributed by atoms with Gasteiger partial charge in [0.05, 0.1) is 0 Å². The molecule has 1 aromatic rings. The summed E-state index contributed by atoms with van der Waals surface area (Å²) in [4.78, 5) is 0. The third-order valence-electron chi connectivity index (χ3n) is 2.43. The van der Waals surface area contributed by atoms with Gasteiger partial charge in [0.25, 0.3) is 0 Å². The number of halogens is 1. The predicted octanol–water partition coefficient (Wildman–Crippen LogP) is 4.65. The zero-order valence-electron chi connectivity index (χ0n) is 10.3. The lowest BCUT2D eigenvalue weighted by Crippen LogP contribution is -1.86. The molecule has 0 aliphatic carbocycles. The Morgan fingerprint density at radius 1 is 1.25 bits per heavy atom. The first kappa shape index (κ1) is 12.7. The molecule has 86 valence electrons. The molecule has 0 saturated carbocycles. The minimum atomic E-state index is -0.166. The van der Waals surface area contributed by atoms with Crippen LogP contribution in [-0.4, -0.2) is 0 Å². The van der Waals surface area contributed by atoms with E-state index in [-0.39, 0.29) is 5.83 Å². The smallest absolute Gasteiger partial charge is 0.141 e. The van der Waals surface area contributed by atoms with Crippen LogP contribution in [0.25, 0.3) is 0 Å². The van der Waals surface area contributed by atoms with Crippen molar-refractivity contribution >= 4 is 0 Å². The van der Waals surface area contributed by atoms with Crippen LogP contribution in [0.4, 0.5) is 4.39 Å². The van der Waals surface area contributed by atoms with Crippen molar-refractivity contribution in [2.45, 2.75) is 40.0 Å². The van der Waals surface area contributed by atoms with Crippen molar-refractivity contribution in [1.29, 1.82) is 0 Å². The van der Waals surface area contributed by atoms with Crippen molar-refractivity contribution in [2.75, 3.05) is 0 Å². The molecule has 0 N–H and O–H groups in total. The van der Waals surface area contributed by atoms with E-state index in [1.807, 2.05) is 0 Å². The zero-order chi connectivity index (χ0) is 12.0. The van der Waals surface area contributed by atoms with E-state index in [4.69, 9.17) is 0 Å². The van der Waals surface area contributed by atoms with Gasteiger partial charge in [-0.25, -0.2) is 4.39 Å². The Bertz CT molecular complexity index is 389. The van der Waals surface area contributed by atoms with Crippen molar-refractivity contribution < 1.29 is 4.39 Å². The van der Waals surface area contributed by atoms with Crippen LogP contribution in [0.1, 0.15) is 36.5 Å². The summed E-state index contributed by atoms with van der Waals surface area (Å²) < 4.78 is 12.8. The first-order valence-corrected chi connectivity index (χ1v) is 5.78. The minimum Gasteiger partial charge on any atom is -0.203 e. The zero-order valence-corrected chi connectivity index (χ0v) is 10.3. The maximum atomic E-state index is 12.8. The van der Waals surface area contributed by atoms with Gasteiger partial charge in [-0.2, -0.15) is 0 Å². The second kappa shape index (κ2) is 6.30. The van der Waals surface area contributed by atoms with Crippen LogP contribution in [0.15, 0.2) is 35.8 Å². The Hall–Kier alpha value is -1.33. The molecule has 0 aliphatic rings. The predicted molar refractivity (Wildman–Crippen MR) is 67.2 cm³/mol. The number of benzene rings is 1. The number of hydrogen-bond acceptors (Lipinski definition) is 0. The molecule has 0 spiro atoms. The topological polar surface area (TPSA) is 0 Å². The summed E-state index contributed by atoms with van der Waals surface area (Å²) in [5.41, 5.74) is 6.54. The van der Waals surface area contributed by atoms with Crippen LogP contribution < -0.4 is 0 Å². The first-order chi connectivity index (χ1) is 7.61. The average Bonchev–Trinajstić information content (AvgIpc) is 2.22. The molecule has 1 aromatic carbocycles. The fraction of sp³-hybridized carbons (Fsp3) is 0.400. The van der Waals surface area contributed by atoms with Gasteiger partial charge in [0, 0.05) is 6.42 Å². The van der Waals surface area contributed by atoms with Crippen LogP contribution in [0.5, 0.6) is 0 Å². The molecule has 16 heavy (non-hydrogen) atoms. The van der Waals surface area contributed by atoms with Crippen molar-refractivity contribution in [3.8, 4) is 0 Å². The maximum Gasteiger partial charge on any atom is 0.141 e. The van der Waals surface area contributed by atoms with E-state index in [1.54, 1.807) is 13.0 Å². The van der Waals surface area contributed by atoms with E-state index in [9.17, 15) is 4.39 Å². The Labute approximate surface area is 97.5 Å². The third kappa shape index (κ3) is 4.46. The molecule has 0 atom stereocenters. The fourth-order valence-electron chi connectivity index (χ4n) is 1.74. The molecule has 1 rings (SSSR count). The quantitative estimate of drug-likeness (QED) is 0.645. The highest BCUT2D eigenvalue weighted by molar-refractivity contribution is 5.28. The third-order valence-corrected chi connectivity index (χ3v) is 2.43. The molecule has 0 bridgehead atoms. The molecule has 0 heterocycles. The normalized spacial score (nSPS) is 9.75. The summed E-state index contributed by atoms with van der Waals surface area (Å²) >= 11 is 0. The van der Waals surface area contributed by atoms with Crippen LogP contribution in [0, 0.1) is 13.8 Å². The van der Waals surface area contributed by atoms with E-state index in [0.29, 0.717) is 6.42 Å². The lowest BCUT2D eigenvalue weighted by atomic mass is 10.0. The molecule has 0 unspecified atom stereocenters. The lowest BCUT2D eigenvalue weighted by Gasteiger charge is -2.02. The largest absolute Gasteiger partial charge is 0.203 e. The highest BCUT2D eigenvalue weighted by Crippen LogP contribution is 2.11. The van der Waals surface area contributed by atoms with Crippen molar-refractivity contribution in [2.24, 2.45) is 0 Å². The number of rotatable bonds is 4. The SMILES string of the molecule is CCC(F)=C=CCCc1cc(C)cc(C)c1. The van der Waals surface area contributed by atoms with Crippen molar-refractivity contribution in [1.82, 2.24) is 0 Å². The Balaban J connectivity index is 2.58. The summed E-state index contributed by atoms with van der Waals surface area (Å²) in [7, 11) is 0. The highest BCUT2D eigenvalue weighted by atomic mass is 19.1. The summed E-state index contributed by atoms with van der Waals surface area (Å²) in [6.45, 7) is 5.99. The van der Waals surface area contributed by atoms with Gasteiger partial charge in [0.1, 0.15) is 5.83 Å². The van der Waals surface area contributed by atoms with Gasteiger partial charge in [-0.15, -0.1) is 0 Å². The maximum absolute atomic E-state index is 12.8. The van der Waals surface area contributed by atoms with Crippen LogP contribution in [-0.2, 0) is 6.42 Å². The first-order valence-electron chi connectivity index (χ1n) is 5.78. The molecule has 0 radical (unpaired) electrons. The van der Waals surface area contributed by atoms with Crippen LogP contribution >= 0.6 is 0 Å². The molecule has 0 nitrogen and oxygen atoms in total. The summed E-state index contributed by atoms with van der Waals surface area (Å²) in [5, 5.41) is 0. The molecule has 1 heteroatoms. The molecular weight excluding hydrogens is 199 g/mol. The van der Waals surface area contributed by atoms with Gasteiger partial charge in [0.15, 0.2) is 0 Å².